The Labute approximate surface area is 180 Å². The molecule has 0 N–H and O–H groups in total. The maximum Gasteiger partial charge on any atom is 0.194 e. The minimum absolute atomic E-state index is 0.0920. The van der Waals surface area contributed by atoms with Crippen molar-refractivity contribution in [3.8, 4) is 0 Å². The normalized spacial score (nSPS) is 10.9. The van der Waals surface area contributed by atoms with Crippen LogP contribution in [0.5, 0.6) is 0 Å². The van der Waals surface area contributed by atoms with E-state index in [9.17, 15) is 4.79 Å². The molecule has 0 amide bonds. The zero-order chi connectivity index (χ0) is 18.8. The molecule has 0 fully saturated rings. The van der Waals surface area contributed by atoms with Crippen molar-refractivity contribution in [1.82, 2.24) is 0 Å². The van der Waals surface area contributed by atoms with Gasteiger partial charge in [-0.3, -0.25) is 4.79 Å². The van der Waals surface area contributed by atoms with Crippen molar-refractivity contribution >= 4 is 44.3 Å². The Balaban J connectivity index is 1.79. The Bertz CT molecular complexity index is 694. The highest BCUT2D eigenvalue weighted by molar-refractivity contribution is 14.1. The van der Waals surface area contributed by atoms with E-state index in [1.807, 2.05) is 30.3 Å². The maximum atomic E-state index is 12.7. The van der Waals surface area contributed by atoms with Gasteiger partial charge in [0.05, 0.1) is 0 Å². The Morgan fingerprint density at radius 2 is 1.50 bits per heavy atom. The molecular formula is C23H28BrIO. The summed E-state index contributed by atoms with van der Waals surface area (Å²) in [5.41, 5.74) is 2.85. The number of carbonyl (C=O) groups is 1. The van der Waals surface area contributed by atoms with Crippen LogP contribution in [0.15, 0.2) is 46.9 Å². The molecule has 0 spiro atoms. The smallest absolute Gasteiger partial charge is 0.194 e. The van der Waals surface area contributed by atoms with E-state index in [4.69, 9.17) is 0 Å². The van der Waals surface area contributed by atoms with E-state index in [0.29, 0.717) is 0 Å². The van der Waals surface area contributed by atoms with E-state index >= 15 is 0 Å². The van der Waals surface area contributed by atoms with E-state index in [2.05, 4.69) is 57.6 Å². The van der Waals surface area contributed by atoms with Crippen molar-refractivity contribution in [3.63, 3.8) is 0 Å². The number of unbranched alkanes of at least 4 members (excludes halogenated alkanes) is 7. The molecule has 0 bridgehead atoms. The van der Waals surface area contributed by atoms with E-state index in [1.54, 1.807) is 0 Å². The Morgan fingerprint density at radius 1 is 0.885 bits per heavy atom. The molecule has 2 rings (SSSR count). The molecular weight excluding hydrogens is 499 g/mol. The number of rotatable bonds is 11. The first kappa shape index (κ1) is 21.6. The molecule has 2 aromatic carbocycles. The van der Waals surface area contributed by atoms with Crippen molar-refractivity contribution in [1.29, 1.82) is 0 Å². The van der Waals surface area contributed by atoms with E-state index in [-0.39, 0.29) is 5.78 Å². The van der Waals surface area contributed by atoms with Crippen LogP contribution in [-0.2, 0) is 6.42 Å². The fourth-order valence-electron chi connectivity index (χ4n) is 3.11. The summed E-state index contributed by atoms with van der Waals surface area (Å²) in [6, 6.07) is 14.0. The highest BCUT2D eigenvalue weighted by Gasteiger charge is 2.13. The van der Waals surface area contributed by atoms with E-state index < -0.39 is 0 Å². The standard InChI is InChI=1S/C23H28BrIO/c1-2-3-4-5-6-7-8-9-10-18-11-13-19(14-12-18)23(26)21-17-20(24)15-16-22(21)25/h11-17H,2-10H2,1H3. The predicted octanol–water partition coefficient (Wildman–Crippen LogP) is 7.97. The van der Waals surface area contributed by atoms with Crippen molar-refractivity contribution in [3.05, 3.63) is 67.2 Å². The van der Waals surface area contributed by atoms with Crippen molar-refractivity contribution in [2.75, 3.05) is 0 Å². The molecule has 0 aliphatic carbocycles. The first-order valence-electron chi connectivity index (χ1n) is 9.70. The summed E-state index contributed by atoms with van der Waals surface area (Å²) < 4.78 is 1.92. The van der Waals surface area contributed by atoms with Crippen LogP contribution in [0, 0.1) is 3.57 Å². The predicted molar refractivity (Wildman–Crippen MR) is 123 cm³/mol. The zero-order valence-corrected chi connectivity index (χ0v) is 19.3. The van der Waals surface area contributed by atoms with Gasteiger partial charge >= 0.3 is 0 Å². The van der Waals surface area contributed by atoms with Crippen molar-refractivity contribution in [2.24, 2.45) is 0 Å². The van der Waals surface area contributed by atoms with Crippen LogP contribution in [0.4, 0.5) is 0 Å². The number of aryl methyl sites for hydroxylation is 1. The summed E-state index contributed by atoms with van der Waals surface area (Å²) in [4.78, 5) is 12.7. The first-order valence-corrected chi connectivity index (χ1v) is 11.6. The van der Waals surface area contributed by atoms with Crippen LogP contribution < -0.4 is 0 Å². The summed E-state index contributed by atoms with van der Waals surface area (Å²) in [6.07, 6.45) is 11.9. The number of ketones is 1. The number of hydrogen-bond acceptors (Lipinski definition) is 1. The van der Waals surface area contributed by atoms with Gasteiger partial charge in [0.25, 0.3) is 0 Å². The zero-order valence-electron chi connectivity index (χ0n) is 15.6. The third-order valence-electron chi connectivity index (χ3n) is 4.71. The fourth-order valence-corrected chi connectivity index (χ4v) is 4.05. The van der Waals surface area contributed by atoms with Gasteiger partial charge in [0.2, 0.25) is 0 Å². The molecule has 0 aromatic heterocycles. The maximum absolute atomic E-state index is 12.7. The largest absolute Gasteiger partial charge is 0.289 e. The number of hydrogen-bond donors (Lipinski definition) is 0. The molecule has 0 unspecified atom stereocenters. The van der Waals surface area contributed by atoms with Crippen LogP contribution in [0.3, 0.4) is 0 Å². The minimum Gasteiger partial charge on any atom is -0.289 e. The van der Waals surface area contributed by atoms with Gasteiger partial charge in [-0.25, -0.2) is 0 Å². The van der Waals surface area contributed by atoms with Crippen LogP contribution in [0.2, 0.25) is 0 Å². The van der Waals surface area contributed by atoms with Crippen molar-refractivity contribution in [2.45, 2.75) is 64.7 Å². The second-order valence-corrected chi connectivity index (χ2v) is 8.95. The third-order valence-corrected chi connectivity index (χ3v) is 6.14. The molecule has 0 saturated heterocycles. The monoisotopic (exact) mass is 526 g/mol. The fraction of sp³-hybridized carbons (Fsp3) is 0.435. The molecule has 0 atom stereocenters. The van der Waals surface area contributed by atoms with Gasteiger partial charge < -0.3 is 0 Å². The average molecular weight is 527 g/mol. The van der Waals surface area contributed by atoms with E-state index in [0.717, 1.165) is 25.6 Å². The number of carbonyl (C=O) groups excluding carboxylic acids is 1. The molecule has 0 aliphatic rings. The average Bonchev–Trinajstić information content (AvgIpc) is 2.66. The Kier molecular flexibility index (Phi) is 9.91. The molecule has 2 aromatic rings. The summed E-state index contributed by atoms with van der Waals surface area (Å²) in [7, 11) is 0. The van der Waals surface area contributed by atoms with Crippen LogP contribution >= 0.6 is 38.5 Å². The second-order valence-electron chi connectivity index (χ2n) is 6.88. The van der Waals surface area contributed by atoms with Crippen LogP contribution in [0.1, 0.15) is 79.8 Å². The van der Waals surface area contributed by atoms with Gasteiger partial charge in [-0.05, 0) is 59.2 Å². The molecule has 0 aliphatic heterocycles. The lowest BCUT2D eigenvalue weighted by Gasteiger charge is -2.07. The lowest BCUT2D eigenvalue weighted by molar-refractivity contribution is 0.103. The first-order chi connectivity index (χ1) is 12.6. The molecule has 1 nitrogen and oxygen atoms in total. The highest BCUT2D eigenvalue weighted by Crippen LogP contribution is 2.22. The van der Waals surface area contributed by atoms with Gasteiger partial charge in [0.15, 0.2) is 5.78 Å². The summed E-state index contributed by atoms with van der Waals surface area (Å²) in [5, 5.41) is 0. The molecule has 3 heteroatoms. The number of benzene rings is 2. The quantitative estimate of drug-likeness (QED) is 0.165. The minimum atomic E-state index is 0.0920. The molecule has 0 radical (unpaired) electrons. The molecule has 140 valence electrons. The lowest BCUT2D eigenvalue weighted by atomic mass is 9.99. The third kappa shape index (κ3) is 7.15. The second kappa shape index (κ2) is 11.9. The molecule has 26 heavy (non-hydrogen) atoms. The summed E-state index contributed by atoms with van der Waals surface area (Å²) >= 11 is 5.67. The van der Waals surface area contributed by atoms with Gasteiger partial charge in [0, 0.05) is 19.2 Å². The van der Waals surface area contributed by atoms with Crippen LogP contribution in [-0.4, -0.2) is 5.78 Å². The van der Waals surface area contributed by atoms with Crippen LogP contribution in [0.25, 0.3) is 0 Å². The molecule has 0 heterocycles. The lowest BCUT2D eigenvalue weighted by Crippen LogP contribution is -2.04. The Hall–Kier alpha value is -0.680. The van der Waals surface area contributed by atoms with Gasteiger partial charge in [-0.15, -0.1) is 0 Å². The van der Waals surface area contributed by atoms with Gasteiger partial charge in [0.1, 0.15) is 0 Å². The van der Waals surface area contributed by atoms with Gasteiger partial charge in [-0.1, -0.05) is 92.1 Å². The SMILES string of the molecule is CCCCCCCCCCc1ccc(C(=O)c2cc(Br)ccc2I)cc1. The molecule has 0 saturated carbocycles. The number of halogens is 2. The van der Waals surface area contributed by atoms with E-state index in [1.165, 1.54) is 56.9 Å². The highest BCUT2D eigenvalue weighted by atomic mass is 127. The summed E-state index contributed by atoms with van der Waals surface area (Å²) in [6.45, 7) is 2.26. The summed E-state index contributed by atoms with van der Waals surface area (Å²) in [5.74, 6) is 0.0920. The Morgan fingerprint density at radius 3 is 2.15 bits per heavy atom. The van der Waals surface area contributed by atoms with Gasteiger partial charge in [-0.2, -0.15) is 0 Å². The van der Waals surface area contributed by atoms with Crippen molar-refractivity contribution < 1.29 is 4.79 Å². The topological polar surface area (TPSA) is 17.1 Å².